The van der Waals surface area contributed by atoms with Gasteiger partial charge in [0.2, 0.25) is 0 Å². The van der Waals surface area contributed by atoms with Crippen LogP contribution in [0.25, 0.3) is 0 Å². The van der Waals surface area contributed by atoms with Gasteiger partial charge < -0.3 is 0 Å². The lowest BCUT2D eigenvalue weighted by atomic mass is 10.0. The lowest BCUT2D eigenvalue weighted by Gasteiger charge is -2.04. The Balaban J connectivity index is 3.06. The van der Waals surface area contributed by atoms with Crippen molar-refractivity contribution in [1.82, 2.24) is 0 Å². The topological polar surface area (TPSA) is 23.8 Å². The number of nitriles is 1. The highest BCUT2D eigenvalue weighted by Crippen LogP contribution is 2.14. The van der Waals surface area contributed by atoms with E-state index < -0.39 is 0 Å². The third-order valence-electron chi connectivity index (χ3n) is 3.27. The molecule has 2 heteroatoms. The largest absolute Gasteiger partial charge is 0.198 e. The van der Waals surface area contributed by atoms with Gasteiger partial charge in [0.05, 0.1) is 12.0 Å². The van der Waals surface area contributed by atoms with Crippen molar-refractivity contribution in [3.63, 3.8) is 0 Å². The number of hydrogen-bond acceptors (Lipinski definition) is 1. The maximum Gasteiger partial charge on any atom is 0.0664 e. The van der Waals surface area contributed by atoms with Gasteiger partial charge in [-0.25, -0.2) is 0 Å². The Morgan fingerprint density at radius 3 is 1.76 bits per heavy atom. The van der Waals surface area contributed by atoms with Crippen molar-refractivity contribution in [3.8, 4) is 6.07 Å². The van der Waals surface area contributed by atoms with E-state index in [9.17, 15) is 0 Å². The minimum absolute atomic E-state index is 0.226. The van der Waals surface area contributed by atoms with Gasteiger partial charge in [0.15, 0.2) is 0 Å². The van der Waals surface area contributed by atoms with E-state index in [4.69, 9.17) is 5.26 Å². The highest BCUT2D eigenvalue weighted by Gasteiger charge is 2.03. The zero-order valence-corrected chi connectivity index (χ0v) is 13.0. The molecule has 0 saturated carbocycles. The number of unbranched alkanes of at least 4 members (excludes halogenated alkanes) is 9. The smallest absolute Gasteiger partial charge is 0.0664 e. The van der Waals surface area contributed by atoms with Crippen LogP contribution in [-0.2, 0) is 0 Å². The van der Waals surface area contributed by atoms with Gasteiger partial charge in [-0.1, -0.05) is 87.1 Å². The van der Waals surface area contributed by atoms with Gasteiger partial charge in [-0.05, 0) is 6.42 Å². The van der Waals surface area contributed by atoms with E-state index in [0.29, 0.717) is 0 Å². The molecule has 1 nitrogen and oxygen atoms in total. The molecule has 1 atom stereocenters. The summed E-state index contributed by atoms with van der Waals surface area (Å²) in [6.45, 7) is 2.27. The second kappa shape index (κ2) is 14.0. The van der Waals surface area contributed by atoms with Crippen molar-refractivity contribution in [1.29, 1.82) is 5.26 Å². The van der Waals surface area contributed by atoms with E-state index in [1.807, 2.05) is 0 Å². The fourth-order valence-electron chi connectivity index (χ4n) is 2.05. The number of hydrogen-bond donors (Lipinski definition) is 0. The Labute approximate surface area is 116 Å². The van der Waals surface area contributed by atoms with E-state index in [0.717, 1.165) is 11.8 Å². The van der Waals surface area contributed by atoms with Gasteiger partial charge >= 0.3 is 0 Å². The van der Waals surface area contributed by atoms with Gasteiger partial charge in [0.25, 0.3) is 0 Å². The Kier molecular flexibility index (Phi) is 14.0. The van der Waals surface area contributed by atoms with Gasteiger partial charge in [-0.3, -0.25) is 0 Å². The summed E-state index contributed by atoms with van der Waals surface area (Å²) in [7, 11) is 0. The Morgan fingerprint density at radius 2 is 1.35 bits per heavy atom. The van der Waals surface area contributed by atoms with Crippen LogP contribution in [-0.4, -0.2) is 5.33 Å². The second-order valence-corrected chi connectivity index (χ2v) is 5.60. The summed E-state index contributed by atoms with van der Waals surface area (Å²) in [4.78, 5) is 0. The number of nitrogens with zero attached hydrogens (tertiary/aromatic N) is 1. The highest BCUT2D eigenvalue weighted by molar-refractivity contribution is 9.09. The van der Waals surface area contributed by atoms with Crippen molar-refractivity contribution in [2.75, 3.05) is 5.33 Å². The van der Waals surface area contributed by atoms with Gasteiger partial charge in [-0.15, -0.1) is 0 Å². The zero-order chi connectivity index (χ0) is 12.8. The summed E-state index contributed by atoms with van der Waals surface area (Å²) >= 11 is 3.38. The zero-order valence-electron chi connectivity index (χ0n) is 11.4. The van der Waals surface area contributed by atoms with Crippen LogP contribution < -0.4 is 0 Å². The van der Waals surface area contributed by atoms with E-state index in [-0.39, 0.29) is 5.92 Å². The van der Waals surface area contributed by atoms with Crippen molar-refractivity contribution in [3.05, 3.63) is 0 Å². The van der Waals surface area contributed by atoms with Gasteiger partial charge in [-0.2, -0.15) is 5.26 Å². The standard InChI is InChI=1S/C15H28BrN/c1-2-3-4-5-6-7-8-9-10-11-12-15(13-16)14-17/h15H,2-13H2,1H3. The average molecular weight is 302 g/mol. The van der Waals surface area contributed by atoms with Gasteiger partial charge in [0.1, 0.15) is 0 Å². The summed E-state index contributed by atoms with van der Waals surface area (Å²) in [5.74, 6) is 0.226. The van der Waals surface area contributed by atoms with Crippen LogP contribution in [0.15, 0.2) is 0 Å². The summed E-state index contributed by atoms with van der Waals surface area (Å²) < 4.78 is 0. The second-order valence-electron chi connectivity index (χ2n) is 4.95. The van der Waals surface area contributed by atoms with Crippen LogP contribution >= 0.6 is 15.9 Å². The number of halogens is 1. The molecule has 0 bridgehead atoms. The molecule has 0 aliphatic heterocycles. The predicted octanol–water partition coefficient (Wildman–Crippen LogP) is 5.83. The molecule has 0 aromatic heterocycles. The SMILES string of the molecule is CCCCCCCCCCCCC(C#N)CBr. The van der Waals surface area contributed by atoms with E-state index in [1.54, 1.807) is 0 Å². The molecule has 0 aliphatic rings. The lowest BCUT2D eigenvalue weighted by molar-refractivity contribution is 0.532. The lowest BCUT2D eigenvalue weighted by Crippen LogP contribution is -1.97. The van der Waals surface area contributed by atoms with Crippen LogP contribution in [0.3, 0.4) is 0 Å². The number of alkyl halides is 1. The first-order chi connectivity index (χ1) is 8.35. The first-order valence-corrected chi connectivity index (χ1v) is 8.42. The molecule has 0 aromatic carbocycles. The Morgan fingerprint density at radius 1 is 0.882 bits per heavy atom. The molecule has 0 N–H and O–H groups in total. The monoisotopic (exact) mass is 301 g/mol. The first-order valence-electron chi connectivity index (χ1n) is 7.30. The van der Waals surface area contributed by atoms with Crippen LogP contribution in [0.4, 0.5) is 0 Å². The summed E-state index contributed by atoms with van der Waals surface area (Å²) in [6.07, 6.45) is 14.8. The molecule has 0 amide bonds. The fraction of sp³-hybridized carbons (Fsp3) is 0.933. The average Bonchev–Trinajstić information content (AvgIpc) is 2.36. The molecule has 0 fully saturated rings. The summed E-state index contributed by atoms with van der Waals surface area (Å²) in [6, 6.07) is 2.34. The quantitative estimate of drug-likeness (QED) is 0.328. The van der Waals surface area contributed by atoms with E-state index in [2.05, 4.69) is 28.9 Å². The molecule has 0 aliphatic carbocycles. The molecule has 0 heterocycles. The van der Waals surface area contributed by atoms with Gasteiger partial charge in [0, 0.05) is 5.33 Å². The minimum Gasteiger partial charge on any atom is -0.198 e. The van der Waals surface area contributed by atoms with Crippen LogP contribution in [0.2, 0.25) is 0 Å². The molecular formula is C15H28BrN. The third kappa shape index (κ3) is 12.2. The molecule has 0 saturated heterocycles. The maximum absolute atomic E-state index is 8.79. The maximum atomic E-state index is 8.79. The van der Waals surface area contributed by atoms with Crippen LogP contribution in [0.1, 0.15) is 77.6 Å². The molecule has 0 rings (SSSR count). The van der Waals surface area contributed by atoms with Crippen molar-refractivity contribution in [2.24, 2.45) is 5.92 Å². The van der Waals surface area contributed by atoms with Crippen LogP contribution in [0, 0.1) is 17.2 Å². The van der Waals surface area contributed by atoms with Crippen LogP contribution in [0.5, 0.6) is 0 Å². The van der Waals surface area contributed by atoms with E-state index in [1.165, 1.54) is 64.2 Å². The Bertz CT molecular complexity index is 186. The molecule has 1 unspecified atom stereocenters. The predicted molar refractivity (Wildman–Crippen MR) is 79.4 cm³/mol. The molecule has 0 radical (unpaired) electrons. The van der Waals surface area contributed by atoms with E-state index >= 15 is 0 Å². The normalized spacial score (nSPS) is 12.3. The molecule has 0 spiro atoms. The first kappa shape index (κ1) is 17.0. The molecule has 100 valence electrons. The number of rotatable bonds is 12. The van der Waals surface area contributed by atoms with Crippen molar-refractivity contribution < 1.29 is 0 Å². The third-order valence-corrected chi connectivity index (χ3v) is 4.06. The summed E-state index contributed by atoms with van der Waals surface area (Å²) in [5.41, 5.74) is 0. The summed E-state index contributed by atoms with van der Waals surface area (Å²) in [5, 5.41) is 9.62. The molecule has 17 heavy (non-hydrogen) atoms. The molecule has 0 aromatic rings. The molecular weight excluding hydrogens is 274 g/mol. The van der Waals surface area contributed by atoms with Crippen molar-refractivity contribution >= 4 is 15.9 Å². The fourth-order valence-corrected chi connectivity index (χ4v) is 2.52. The minimum atomic E-state index is 0.226. The Hall–Kier alpha value is -0.0300. The highest BCUT2D eigenvalue weighted by atomic mass is 79.9. The van der Waals surface area contributed by atoms with Crippen molar-refractivity contribution in [2.45, 2.75) is 77.6 Å².